The maximum absolute atomic E-state index is 13.2. The smallest absolute Gasteiger partial charge is 0.370 e. The van der Waals surface area contributed by atoms with Crippen molar-refractivity contribution in [2.45, 2.75) is 32.4 Å². The second-order valence-corrected chi connectivity index (χ2v) is 6.22. The summed E-state index contributed by atoms with van der Waals surface area (Å²) in [6.45, 7) is 3.09. The number of pyridine rings is 1. The maximum atomic E-state index is 13.2. The van der Waals surface area contributed by atoms with Crippen molar-refractivity contribution in [3.8, 4) is 0 Å². The van der Waals surface area contributed by atoms with Gasteiger partial charge in [0.2, 0.25) is 5.91 Å². The predicted molar refractivity (Wildman–Crippen MR) is 93.4 cm³/mol. The van der Waals surface area contributed by atoms with Crippen molar-refractivity contribution in [1.82, 2.24) is 4.98 Å². The first-order chi connectivity index (χ1) is 12.5. The number of anilines is 1. The lowest BCUT2D eigenvalue weighted by Gasteiger charge is -2.14. The number of alkyl halides is 3. The molecule has 1 unspecified atom stereocenters. The van der Waals surface area contributed by atoms with Crippen molar-refractivity contribution < 1.29 is 22.8 Å². The Hall–Kier alpha value is -3.10. The molecule has 2 amide bonds. The Bertz CT molecular complexity index is 918. The molecule has 4 N–H and O–H groups in total. The Kier molecular flexibility index (Phi) is 5.72. The van der Waals surface area contributed by atoms with Gasteiger partial charge in [0.1, 0.15) is 5.56 Å². The van der Waals surface area contributed by atoms with Crippen LogP contribution in [0.2, 0.25) is 0 Å². The number of amides is 2. The van der Waals surface area contributed by atoms with Crippen molar-refractivity contribution in [2.24, 2.45) is 5.73 Å². The Morgan fingerprint density at radius 1 is 1.22 bits per heavy atom. The maximum Gasteiger partial charge on any atom is 0.417 e. The van der Waals surface area contributed by atoms with E-state index in [4.69, 9.17) is 5.73 Å². The lowest BCUT2D eigenvalue weighted by Crippen LogP contribution is -2.29. The second-order valence-electron chi connectivity index (χ2n) is 6.22. The minimum atomic E-state index is -4.85. The minimum Gasteiger partial charge on any atom is -0.370 e. The molecule has 1 heterocycles. The average Bonchev–Trinajstić information content (AvgIpc) is 2.53. The third-order valence-electron chi connectivity index (χ3n) is 3.95. The van der Waals surface area contributed by atoms with E-state index >= 15 is 0 Å². The fraction of sp³-hybridized carbons (Fsp3) is 0.278. The monoisotopic (exact) mass is 381 g/mol. The number of halogens is 3. The number of carbonyl (C=O) groups excluding carboxylic acids is 2. The number of aryl methyl sites for hydroxylation is 1. The third kappa shape index (κ3) is 4.96. The van der Waals surface area contributed by atoms with Crippen LogP contribution in [0.5, 0.6) is 0 Å². The van der Waals surface area contributed by atoms with Crippen LogP contribution in [0.15, 0.2) is 35.1 Å². The van der Waals surface area contributed by atoms with E-state index < -0.39 is 34.7 Å². The summed E-state index contributed by atoms with van der Waals surface area (Å²) in [6.07, 6.45) is -4.71. The molecule has 0 radical (unpaired) electrons. The molecule has 1 atom stereocenters. The summed E-state index contributed by atoms with van der Waals surface area (Å²) < 4.78 is 39.5. The standard InChI is InChI=1S/C18H18F3N3O3/c1-9(7-14(22)25)11-3-5-12(6-4-11)24-17(27)15-13(18(19,20)21)8-10(2)23-16(15)26/h3-6,8-9H,7H2,1-2H3,(H2,22,25)(H,23,26)(H,24,27). The number of hydrogen-bond acceptors (Lipinski definition) is 3. The number of hydrogen-bond donors (Lipinski definition) is 3. The molecule has 0 saturated carbocycles. The van der Waals surface area contributed by atoms with Crippen LogP contribution in [0.3, 0.4) is 0 Å². The van der Waals surface area contributed by atoms with Crippen molar-refractivity contribution in [3.05, 3.63) is 63.1 Å². The van der Waals surface area contributed by atoms with Crippen LogP contribution < -0.4 is 16.6 Å². The van der Waals surface area contributed by atoms with Gasteiger partial charge < -0.3 is 16.0 Å². The average molecular weight is 381 g/mol. The lowest BCUT2D eigenvalue weighted by atomic mass is 9.97. The minimum absolute atomic E-state index is 0.00309. The molecule has 0 bridgehead atoms. The number of primary amides is 1. The number of benzene rings is 1. The molecule has 0 aliphatic carbocycles. The zero-order valence-corrected chi connectivity index (χ0v) is 14.6. The Labute approximate surface area is 152 Å². The van der Waals surface area contributed by atoms with E-state index in [2.05, 4.69) is 10.3 Å². The second kappa shape index (κ2) is 7.65. The lowest BCUT2D eigenvalue weighted by molar-refractivity contribution is -0.138. The molecule has 0 saturated heterocycles. The molecule has 1 aromatic carbocycles. The molecule has 2 aromatic rings. The number of aromatic nitrogens is 1. The van der Waals surface area contributed by atoms with Crippen LogP contribution in [0.4, 0.5) is 18.9 Å². The summed E-state index contributed by atoms with van der Waals surface area (Å²) in [6, 6.07) is 6.90. The highest BCUT2D eigenvalue weighted by Gasteiger charge is 2.37. The van der Waals surface area contributed by atoms with E-state index in [9.17, 15) is 27.6 Å². The zero-order chi connectivity index (χ0) is 20.4. The van der Waals surface area contributed by atoms with Gasteiger partial charge >= 0.3 is 6.18 Å². The van der Waals surface area contributed by atoms with E-state index in [1.165, 1.54) is 19.1 Å². The van der Waals surface area contributed by atoms with E-state index in [1.54, 1.807) is 19.1 Å². The summed E-state index contributed by atoms with van der Waals surface area (Å²) in [5.74, 6) is -1.77. The van der Waals surface area contributed by atoms with Gasteiger partial charge in [-0.1, -0.05) is 19.1 Å². The highest BCUT2D eigenvalue weighted by atomic mass is 19.4. The summed E-state index contributed by atoms with van der Waals surface area (Å²) in [7, 11) is 0. The van der Waals surface area contributed by atoms with Gasteiger partial charge in [-0.15, -0.1) is 0 Å². The van der Waals surface area contributed by atoms with Gasteiger partial charge in [0.15, 0.2) is 0 Å². The van der Waals surface area contributed by atoms with Crippen LogP contribution in [-0.4, -0.2) is 16.8 Å². The summed E-state index contributed by atoms with van der Waals surface area (Å²) in [5.41, 5.74) is 2.71. The van der Waals surface area contributed by atoms with Gasteiger partial charge in [-0.3, -0.25) is 14.4 Å². The first-order valence-electron chi connectivity index (χ1n) is 7.99. The zero-order valence-electron chi connectivity index (χ0n) is 14.6. The Morgan fingerprint density at radius 3 is 2.33 bits per heavy atom. The SMILES string of the molecule is Cc1cc(C(F)(F)F)c(C(=O)Nc2ccc(C(C)CC(N)=O)cc2)c(=O)[nH]1. The molecule has 6 nitrogen and oxygen atoms in total. The molecular formula is C18H18F3N3O3. The number of aromatic amines is 1. The molecule has 0 spiro atoms. The van der Waals surface area contributed by atoms with E-state index in [1.807, 2.05) is 0 Å². The fourth-order valence-electron chi connectivity index (χ4n) is 2.65. The van der Waals surface area contributed by atoms with Crippen LogP contribution in [0, 0.1) is 6.92 Å². The van der Waals surface area contributed by atoms with Crippen molar-refractivity contribution in [2.75, 3.05) is 5.32 Å². The molecule has 0 aliphatic rings. The van der Waals surface area contributed by atoms with Gasteiger partial charge in [0.05, 0.1) is 5.56 Å². The summed E-state index contributed by atoms with van der Waals surface area (Å²) in [5, 5.41) is 2.29. The van der Waals surface area contributed by atoms with Gasteiger partial charge in [-0.2, -0.15) is 13.2 Å². The van der Waals surface area contributed by atoms with Crippen molar-refractivity contribution in [3.63, 3.8) is 0 Å². The number of nitrogens with two attached hydrogens (primary N) is 1. The molecule has 1 aromatic heterocycles. The van der Waals surface area contributed by atoms with Gasteiger partial charge in [0.25, 0.3) is 11.5 Å². The first kappa shape index (κ1) is 20.2. The highest BCUT2D eigenvalue weighted by Crippen LogP contribution is 2.31. The molecule has 0 aliphatic heterocycles. The van der Waals surface area contributed by atoms with Crippen molar-refractivity contribution >= 4 is 17.5 Å². The van der Waals surface area contributed by atoms with E-state index in [0.29, 0.717) is 6.07 Å². The van der Waals surface area contributed by atoms with Gasteiger partial charge in [-0.05, 0) is 36.6 Å². The van der Waals surface area contributed by atoms with Crippen LogP contribution >= 0.6 is 0 Å². The van der Waals surface area contributed by atoms with E-state index in [0.717, 1.165) is 5.56 Å². The van der Waals surface area contributed by atoms with E-state index in [-0.39, 0.29) is 23.7 Å². The molecule has 27 heavy (non-hydrogen) atoms. The normalized spacial score (nSPS) is 12.5. The summed E-state index contributed by atoms with van der Waals surface area (Å²) >= 11 is 0. The topological polar surface area (TPSA) is 105 Å². The first-order valence-corrected chi connectivity index (χ1v) is 7.99. The number of H-pyrrole nitrogens is 1. The van der Waals surface area contributed by atoms with Gasteiger partial charge in [0, 0.05) is 17.8 Å². The van der Waals surface area contributed by atoms with Crippen LogP contribution in [0.1, 0.15) is 46.4 Å². The molecule has 144 valence electrons. The fourth-order valence-corrected chi connectivity index (χ4v) is 2.65. The van der Waals surface area contributed by atoms with Crippen LogP contribution in [-0.2, 0) is 11.0 Å². The predicted octanol–water partition coefficient (Wildman–Crippen LogP) is 2.93. The molecule has 0 fully saturated rings. The number of rotatable bonds is 5. The number of nitrogens with one attached hydrogen (secondary N) is 2. The largest absolute Gasteiger partial charge is 0.417 e. The number of carbonyl (C=O) groups is 2. The Morgan fingerprint density at radius 2 is 1.81 bits per heavy atom. The third-order valence-corrected chi connectivity index (χ3v) is 3.95. The molecule has 2 rings (SSSR count). The highest BCUT2D eigenvalue weighted by molar-refractivity contribution is 6.05. The summed E-state index contributed by atoms with van der Waals surface area (Å²) in [4.78, 5) is 37.4. The molecule has 9 heteroatoms. The Balaban J connectivity index is 2.28. The molecular weight excluding hydrogens is 363 g/mol. The van der Waals surface area contributed by atoms with Crippen molar-refractivity contribution in [1.29, 1.82) is 0 Å². The van der Waals surface area contributed by atoms with Crippen LogP contribution in [0.25, 0.3) is 0 Å². The quantitative estimate of drug-likeness (QED) is 0.741. The van der Waals surface area contributed by atoms with Gasteiger partial charge in [-0.25, -0.2) is 0 Å².